The lowest BCUT2D eigenvalue weighted by Crippen LogP contribution is -2.12. The molecule has 0 atom stereocenters. The van der Waals surface area contributed by atoms with E-state index in [1.54, 1.807) is 0 Å². The molecule has 0 aliphatic rings. The van der Waals surface area contributed by atoms with E-state index in [2.05, 4.69) is 64.7 Å². The van der Waals surface area contributed by atoms with Gasteiger partial charge in [-0.3, -0.25) is 4.98 Å². The summed E-state index contributed by atoms with van der Waals surface area (Å²) in [6.45, 7) is 13.2. The third kappa shape index (κ3) is 4.92. The lowest BCUT2D eigenvalue weighted by atomic mass is 9.83. The SMILES string of the molecule is CC(C)(C)/C(=C/Cc1cc(C(C)(C)C)ccn1)CC=N. The maximum absolute atomic E-state index is 7.33. The molecule has 0 radical (unpaired) electrons. The van der Waals surface area contributed by atoms with Gasteiger partial charge in [0.25, 0.3) is 0 Å². The normalized spacial score (nSPS) is 13.4. The number of rotatable bonds is 4. The van der Waals surface area contributed by atoms with Crippen molar-refractivity contribution in [1.29, 1.82) is 5.41 Å². The minimum atomic E-state index is 0.110. The fourth-order valence-corrected chi connectivity index (χ4v) is 2.09. The fourth-order valence-electron chi connectivity index (χ4n) is 2.09. The lowest BCUT2D eigenvalue weighted by Gasteiger charge is -2.22. The first-order valence-electron chi connectivity index (χ1n) is 7.28. The smallest absolute Gasteiger partial charge is 0.0444 e. The standard InChI is InChI=1S/C18H28N2/c1-17(2,3)14(9-11-19)7-8-16-13-15(10-12-20-16)18(4,5)6/h7,10-13,19H,8-9H2,1-6H3/b14-7+,19-11?. The highest BCUT2D eigenvalue weighted by Crippen LogP contribution is 2.28. The summed E-state index contributed by atoms with van der Waals surface area (Å²) in [7, 11) is 0. The Morgan fingerprint density at radius 2 is 1.85 bits per heavy atom. The third-order valence-corrected chi connectivity index (χ3v) is 3.53. The van der Waals surface area contributed by atoms with Gasteiger partial charge in [0.15, 0.2) is 0 Å². The third-order valence-electron chi connectivity index (χ3n) is 3.53. The van der Waals surface area contributed by atoms with Crippen molar-refractivity contribution in [2.45, 2.75) is 59.8 Å². The van der Waals surface area contributed by atoms with Crippen molar-refractivity contribution < 1.29 is 0 Å². The molecule has 0 unspecified atom stereocenters. The number of nitrogens with one attached hydrogen (secondary N) is 1. The van der Waals surface area contributed by atoms with E-state index in [9.17, 15) is 0 Å². The first kappa shape index (κ1) is 16.6. The van der Waals surface area contributed by atoms with Gasteiger partial charge in [-0.2, -0.15) is 0 Å². The molecule has 0 aliphatic carbocycles. The van der Waals surface area contributed by atoms with Gasteiger partial charge in [0, 0.05) is 24.7 Å². The molecule has 0 spiro atoms. The molecule has 0 bridgehead atoms. The van der Waals surface area contributed by atoms with Gasteiger partial charge in [0.1, 0.15) is 0 Å². The van der Waals surface area contributed by atoms with Crippen LogP contribution in [0.4, 0.5) is 0 Å². The van der Waals surface area contributed by atoms with Crippen LogP contribution in [0.25, 0.3) is 0 Å². The molecule has 2 nitrogen and oxygen atoms in total. The maximum atomic E-state index is 7.33. The Bertz CT molecular complexity index is 485. The van der Waals surface area contributed by atoms with E-state index >= 15 is 0 Å². The predicted molar refractivity (Wildman–Crippen MR) is 87.6 cm³/mol. The molecule has 0 fully saturated rings. The lowest BCUT2D eigenvalue weighted by molar-refractivity contribution is 0.495. The second-order valence-corrected chi connectivity index (χ2v) is 7.38. The van der Waals surface area contributed by atoms with Crippen LogP contribution in [0, 0.1) is 10.8 Å². The minimum absolute atomic E-state index is 0.110. The molecule has 1 heterocycles. The molecule has 1 aromatic heterocycles. The quantitative estimate of drug-likeness (QED) is 0.612. The number of hydrogen-bond acceptors (Lipinski definition) is 2. The molecule has 1 N–H and O–H groups in total. The molecule has 0 aromatic carbocycles. The predicted octanol–water partition coefficient (Wildman–Crippen LogP) is 4.93. The average molecular weight is 272 g/mol. The second-order valence-electron chi connectivity index (χ2n) is 7.38. The minimum Gasteiger partial charge on any atom is -0.313 e. The summed E-state index contributed by atoms with van der Waals surface area (Å²) in [5, 5.41) is 7.33. The Labute approximate surface area is 123 Å². The number of aromatic nitrogens is 1. The van der Waals surface area contributed by atoms with E-state index in [-0.39, 0.29) is 10.8 Å². The van der Waals surface area contributed by atoms with Crippen LogP contribution in [0.15, 0.2) is 30.0 Å². The van der Waals surface area contributed by atoms with Gasteiger partial charge < -0.3 is 5.41 Å². The van der Waals surface area contributed by atoms with Crippen molar-refractivity contribution in [2.75, 3.05) is 0 Å². The van der Waals surface area contributed by atoms with Crippen LogP contribution in [-0.4, -0.2) is 11.2 Å². The summed E-state index contributed by atoms with van der Waals surface area (Å²) in [4.78, 5) is 4.47. The van der Waals surface area contributed by atoms with Crippen LogP contribution >= 0.6 is 0 Å². The highest BCUT2D eigenvalue weighted by Gasteiger charge is 2.16. The molecular weight excluding hydrogens is 244 g/mol. The summed E-state index contributed by atoms with van der Waals surface area (Å²) >= 11 is 0. The Morgan fingerprint density at radius 3 is 2.35 bits per heavy atom. The van der Waals surface area contributed by atoms with Crippen molar-refractivity contribution in [3.63, 3.8) is 0 Å². The average Bonchev–Trinajstić information content (AvgIpc) is 2.32. The largest absolute Gasteiger partial charge is 0.313 e. The molecule has 20 heavy (non-hydrogen) atoms. The van der Waals surface area contributed by atoms with Crippen molar-refractivity contribution in [1.82, 2.24) is 4.98 Å². The summed E-state index contributed by atoms with van der Waals surface area (Å²) in [6.07, 6.45) is 7.18. The Morgan fingerprint density at radius 1 is 1.20 bits per heavy atom. The zero-order valence-corrected chi connectivity index (χ0v) is 13.7. The molecule has 2 heteroatoms. The van der Waals surface area contributed by atoms with E-state index in [4.69, 9.17) is 5.41 Å². The highest BCUT2D eigenvalue weighted by molar-refractivity contribution is 5.58. The summed E-state index contributed by atoms with van der Waals surface area (Å²) in [5.74, 6) is 0. The molecule has 0 saturated heterocycles. The van der Waals surface area contributed by atoms with Crippen LogP contribution in [-0.2, 0) is 11.8 Å². The number of hydrogen-bond donors (Lipinski definition) is 1. The highest BCUT2D eigenvalue weighted by atomic mass is 14.7. The Balaban J connectivity index is 2.95. The van der Waals surface area contributed by atoms with Crippen molar-refractivity contribution >= 4 is 6.21 Å². The van der Waals surface area contributed by atoms with E-state index in [0.29, 0.717) is 0 Å². The van der Waals surface area contributed by atoms with Gasteiger partial charge in [0.05, 0.1) is 0 Å². The number of pyridine rings is 1. The summed E-state index contributed by atoms with van der Waals surface area (Å²) < 4.78 is 0. The van der Waals surface area contributed by atoms with Crippen LogP contribution in [0.1, 0.15) is 59.2 Å². The van der Waals surface area contributed by atoms with E-state index in [1.807, 2.05) is 6.20 Å². The van der Waals surface area contributed by atoms with Crippen molar-refractivity contribution in [3.8, 4) is 0 Å². The van der Waals surface area contributed by atoms with E-state index in [0.717, 1.165) is 18.5 Å². The summed E-state index contributed by atoms with van der Waals surface area (Å²) in [6, 6.07) is 4.29. The van der Waals surface area contributed by atoms with Gasteiger partial charge in [0.2, 0.25) is 0 Å². The van der Waals surface area contributed by atoms with E-state index in [1.165, 1.54) is 17.4 Å². The van der Waals surface area contributed by atoms with Gasteiger partial charge in [-0.25, -0.2) is 0 Å². The van der Waals surface area contributed by atoms with Crippen molar-refractivity contribution in [3.05, 3.63) is 41.2 Å². The zero-order chi connectivity index (χ0) is 15.4. The zero-order valence-electron chi connectivity index (χ0n) is 13.7. The molecular formula is C18H28N2. The molecule has 0 saturated carbocycles. The van der Waals surface area contributed by atoms with Gasteiger partial charge in [-0.15, -0.1) is 0 Å². The van der Waals surface area contributed by atoms with E-state index < -0.39 is 0 Å². The topological polar surface area (TPSA) is 36.7 Å². The number of allylic oxidation sites excluding steroid dienone is 2. The second kappa shape index (κ2) is 6.34. The fraction of sp³-hybridized carbons (Fsp3) is 0.556. The first-order valence-corrected chi connectivity index (χ1v) is 7.28. The Kier molecular flexibility index (Phi) is 5.27. The van der Waals surface area contributed by atoms with Gasteiger partial charge in [-0.1, -0.05) is 53.2 Å². The Hall–Kier alpha value is -1.44. The van der Waals surface area contributed by atoms with Crippen molar-refractivity contribution in [2.24, 2.45) is 5.41 Å². The molecule has 110 valence electrons. The summed E-state index contributed by atoms with van der Waals surface area (Å²) in [5.41, 5.74) is 3.99. The monoisotopic (exact) mass is 272 g/mol. The maximum Gasteiger partial charge on any atom is 0.0444 e. The number of nitrogens with zero attached hydrogens (tertiary/aromatic N) is 1. The van der Waals surface area contributed by atoms with Crippen LogP contribution in [0.2, 0.25) is 0 Å². The van der Waals surface area contributed by atoms with Gasteiger partial charge in [-0.05, 0) is 34.7 Å². The van der Waals surface area contributed by atoms with Crippen LogP contribution in [0.3, 0.4) is 0 Å². The van der Waals surface area contributed by atoms with Crippen LogP contribution in [0.5, 0.6) is 0 Å². The van der Waals surface area contributed by atoms with Crippen LogP contribution < -0.4 is 0 Å². The molecule has 1 aromatic rings. The first-order chi connectivity index (χ1) is 9.14. The molecule has 0 aliphatic heterocycles. The van der Waals surface area contributed by atoms with Gasteiger partial charge >= 0.3 is 0 Å². The molecule has 1 rings (SSSR count). The molecule has 0 amide bonds.